The second kappa shape index (κ2) is 5.51. The van der Waals surface area contributed by atoms with Crippen LogP contribution >= 0.6 is 0 Å². The first kappa shape index (κ1) is 13.7. The standard InChI is InChI=1S/C15H22N2O2/c1-9-5-10(2)7-12(6-9)19-15(18)13-4-3-11(16)8-14(13)17/h3-4,8-10,12H,5-7,16-17H2,1-2H3. The molecule has 1 aliphatic carbocycles. The Bertz CT molecular complexity index is 463. The minimum absolute atomic E-state index is 0.00297. The van der Waals surface area contributed by atoms with E-state index in [-0.39, 0.29) is 12.1 Å². The summed E-state index contributed by atoms with van der Waals surface area (Å²) in [6.45, 7) is 4.40. The van der Waals surface area contributed by atoms with Crippen molar-refractivity contribution in [3.05, 3.63) is 23.8 Å². The number of carbonyl (C=O) groups excluding carboxylic acids is 1. The molecule has 0 spiro atoms. The van der Waals surface area contributed by atoms with Crippen molar-refractivity contribution in [2.45, 2.75) is 39.2 Å². The van der Waals surface area contributed by atoms with Gasteiger partial charge in [0.1, 0.15) is 6.10 Å². The van der Waals surface area contributed by atoms with Gasteiger partial charge >= 0.3 is 5.97 Å². The molecule has 4 N–H and O–H groups in total. The van der Waals surface area contributed by atoms with E-state index in [4.69, 9.17) is 16.2 Å². The second-order valence-electron chi connectivity index (χ2n) is 5.79. The van der Waals surface area contributed by atoms with Crippen LogP contribution in [0.1, 0.15) is 43.5 Å². The molecule has 2 rings (SSSR count). The first-order valence-electron chi connectivity index (χ1n) is 6.81. The summed E-state index contributed by atoms with van der Waals surface area (Å²) >= 11 is 0. The number of carbonyl (C=O) groups is 1. The molecule has 1 aromatic rings. The van der Waals surface area contributed by atoms with Crippen LogP contribution in [0.3, 0.4) is 0 Å². The Kier molecular flexibility index (Phi) is 3.98. The molecule has 104 valence electrons. The number of nitrogen functional groups attached to an aromatic ring is 2. The lowest BCUT2D eigenvalue weighted by molar-refractivity contribution is 0.00818. The molecule has 2 unspecified atom stereocenters. The third-order valence-electron chi connectivity index (χ3n) is 3.70. The number of ether oxygens (including phenoxy) is 1. The van der Waals surface area contributed by atoms with Crippen LogP contribution in [-0.4, -0.2) is 12.1 Å². The van der Waals surface area contributed by atoms with Gasteiger partial charge in [-0.05, 0) is 49.3 Å². The molecule has 0 aromatic heterocycles. The summed E-state index contributed by atoms with van der Waals surface area (Å²) < 4.78 is 5.58. The van der Waals surface area contributed by atoms with Crippen molar-refractivity contribution in [2.75, 3.05) is 11.5 Å². The summed E-state index contributed by atoms with van der Waals surface area (Å²) in [5.74, 6) is 0.861. The van der Waals surface area contributed by atoms with Crippen LogP contribution in [0.15, 0.2) is 18.2 Å². The topological polar surface area (TPSA) is 78.3 Å². The van der Waals surface area contributed by atoms with Gasteiger partial charge in [-0.25, -0.2) is 4.79 Å². The molecule has 0 aliphatic heterocycles. The highest BCUT2D eigenvalue weighted by Crippen LogP contribution is 2.31. The second-order valence-corrected chi connectivity index (χ2v) is 5.79. The Hall–Kier alpha value is -1.71. The molecular weight excluding hydrogens is 240 g/mol. The van der Waals surface area contributed by atoms with E-state index in [0.717, 1.165) is 12.8 Å². The fraction of sp³-hybridized carbons (Fsp3) is 0.533. The Balaban J connectivity index is 2.04. The van der Waals surface area contributed by atoms with Crippen LogP contribution in [0.5, 0.6) is 0 Å². The molecule has 1 aliphatic rings. The van der Waals surface area contributed by atoms with Gasteiger partial charge in [0.05, 0.1) is 5.56 Å². The normalized spacial score (nSPS) is 26.9. The molecule has 1 saturated carbocycles. The lowest BCUT2D eigenvalue weighted by Crippen LogP contribution is -2.28. The van der Waals surface area contributed by atoms with Gasteiger partial charge in [-0.1, -0.05) is 13.8 Å². The Morgan fingerprint density at radius 1 is 1.16 bits per heavy atom. The zero-order valence-corrected chi connectivity index (χ0v) is 11.6. The van der Waals surface area contributed by atoms with Crippen molar-refractivity contribution >= 4 is 17.3 Å². The summed E-state index contributed by atoms with van der Waals surface area (Å²) in [6, 6.07) is 4.88. The summed E-state index contributed by atoms with van der Waals surface area (Å²) in [5, 5.41) is 0. The number of nitrogens with two attached hydrogens (primary N) is 2. The van der Waals surface area contributed by atoms with E-state index in [0.29, 0.717) is 28.8 Å². The van der Waals surface area contributed by atoms with Gasteiger partial charge in [0.15, 0.2) is 0 Å². The average Bonchev–Trinajstić information content (AvgIpc) is 2.26. The molecule has 4 nitrogen and oxygen atoms in total. The summed E-state index contributed by atoms with van der Waals surface area (Å²) in [7, 11) is 0. The Morgan fingerprint density at radius 3 is 2.37 bits per heavy atom. The molecule has 1 fully saturated rings. The highest BCUT2D eigenvalue weighted by Gasteiger charge is 2.27. The first-order chi connectivity index (χ1) is 8.95. The lowest BCUT2D eigenvalue weighted by Gasteiger charge is -2.31. The van der Waals surface area contributed by atoms with Crippen molar-refractivity contribution < 1.29 is 9.53 Å². The molecule has 19 heavy (non-hydrogen) atoms. The SMILES string of the molecule is CC1CC(C)CC(OC(=O)c2ccc(N)cc2N)C1. The van der Waals surface area contributed by atoms with Crippen molar-refractivity contribution in [3.8, 4) is 0 Å². The maximum atomic E-state index is 12.1. The zero-order chi connectivity index (χ0) is 14.0. The number of esters is 1. The van der Waals surface area contributed by atoms with E-state index < -0.39 is 0 Å². The fourth-order valence-electron chi connectivity index (χ4n) is 2.95. The number of hydrogen-bond acceptors (Lipinski definition) is 4. The van der Waals surface area contributed by atoms with E-state index in [9.17, 15) is 4.79 Å². The minimum Gasteiger partial charge on any atom is -0.459 e. The van der Waals surface area contributed by atoms with E-state index >= 15 is 0 Å². The van der Waals surface area contributed by atoms with Crippen molar-refractivity contribution in [1.29, 1.82) is 0 Å². The minimum atomic E-state index is -0.344. The molecule has 0 bridgehead atoms. The van der Waals surface area contributed by atoms with Crippen LogP contribution in [0.4, 0.5) is 11.4 Å². The zero-order valence-electron chi connectivity index (χ0n) is 11.6. The maximum absolute atomic E-state index is 12.1. The van der Waals surface area contributed by atoms with Gasteiger partial charge in [0, 0.05) is 11.4 Å². The molecule has 0 heterocycles. The molecule has 0 saturated heterocycles. The van der Waals surface area contributed by atoms with Crippen LogP contribution in [-0.2, 0) is 4.74 Å². The van der Waals surface area contributed by atoms with Gasteiger partial charge in [0.2, 0.25) is 0 Å². The third-order valence-corrected chi connectivity index (χ3v) is 3.70. The monoisotopic (exact) mass is 262 g/mol. The number of benzene rings is 1. The number of hydrogen-bond donors (Lipinski definition) is 2. The van der Waals surface area contributed by atoms with Gasteiger partial charge in [-0.3, -0.25) is 0 Å². The highest BCUT2D eigenvalue weighted by molar-refractivity contribution is 5.95. The lowest BCUT2D eigenvalue weighted by atomic mass is 9.82. The van der Waals surface area contributed by atoms with Gasteiger partial charge in [0.25, 0.3) is 0 Å². The fourth-order valence-corrected chi connectivity index (χ4v) is 2.95. The first-order valence-corrected chi connectivity index (χ1v) is 6.81. The highest BCUT2D eigenvalue weighted by atomic mass is 16.5. The van der Waals surface area contributed by atoms with Crippen LogP contribution in [0, 0.1) is 11.8 Å². The van der Waals surface area contributed by atoms with Gasteiger partial charge in [-0.2, -0.15) is 0 Å². The third kappa shape index (κ3) is 3.40. The Labute approximate surface area is 114 Å². The molecule has 1 aromatic carbocycles. The van der Waals surface area contributed by atoms with Crippen molar-refractivity contribution in [3.63, 3.8) is 0 Å². The predicted molar refractivity (Wildman–Crippen MR) is 76.6 cm³/mol. The number of rotatable bonds is 2. The molecule has 0 amide bonds. The molecule has 4 heteroatoms. The van der Waals surface area contributed by atoms with Crippen LogP contribution in [0.2, 0.25) is 0 Å². The maximum Gasteiger partial charge on any atom is 0.340 e. The van der Waals surface area contributed by atoms with Gasteiger partial charge in [-0.15, -0.1) is 0 Å². The largest absolute Gasteiger partial charge is 0.459 e. The summed E-state index contributed by atoms with van der Waals surface area (Å²) in [6.07, 6.45) is 3.08. The van der Waals surface area contributed by atoms with Crippen molar-refractivity contribution in [1.82, 2.24) is 0 Å². The van der Waals surface area contributed by atoms with E-state index in [1.54, 1.807) is 18.2 Å². The van der Waals surface area contributed by atoms with E-state index in [2.05, 4.69) is 13.8 Å². The van der Waals surface area contributed by atoms with Crippen molar-refractivity contribution in [2.24, 2.45) is 11.8 Å². The van der Waals surface area contributed by atoms with E-state index in [1.807, 2.05) is 0 Å². The Morgan fingerprint density at radius 2 is 1.79 bits per heavy atom. The van der Waals surface area contributed by atoms with E-state index in [1.165, 1.54) is 6.42 Å². The van der Waals surface area contributed by atoms with Crippen LogP contribution < -0.4 is 11.5 Å². The smallest absolute Gasteiger partial charge is 0.340 e. The predicted octanol–water partition coefficient (Wildman–Crippen LogP) is 2.83. The number of anilines is 2. The quantitative estimate of drug-likeness (QED) is 0.634. The van der Waals surface area contributed by atoms with Crippen LogP contribution in [0.25, 0.3) is 0 Å². The molecule has 0 radical (unpaired) electrons. The summed E-state index contributed by atoms with van der Waals surface area (Å²) in [5.41, 5.74) is 12.7. The summed E-state index contributed by atoms with van der Waals surface area (Å²) in [4.78, 5) is 12.1. The molecular formula is C15H22N2O2. The molecule has 2 atom stereocenters. The van der Waals surface area contributed by atoms with Gasteiger partial charge < -0.3 is 16.2 Å². The average molecular weight is 262 g/mol.